The van der Waals surface area contributed by atoms with Crippen molar-refractivity contribution in [1.29, 1.82) is 0 Å². The van der Waals surface area contributed by atoms with E-state index in [0.29, 0.717) is 0 Å². The van der Waals surface area contributed by atoms with E-state index < -0.39 is 17.5 Å². The van der Waals surface area contributed by atoms with Crippen molar-refractivity contribution in [1.82, 2.24) is 14.9 Å². The van der Waals surface area contributed by atoms with Crippen LogP contribution in [0.25, 0.3) is 5.69 Å². The van der Waals surface area contributed by atoms with Crippen LogP contribution in [0.5, 0.6) is 0 Å². The molecule has 1 N–H and O–H groups in total. The van der Waals surface area contributed by atoms with Crippen LogP contribution in [-0.2, 0) is 0 Å². The SMILES string of the molecule is Fc1ccc(-n2cncc2C2CCCNC2)c(F)c1F. The van der Waals surface area contributed by atoms with Crippen molar-refractivity contribution >= 4 is 0 Å². The lowest BCUT2D eigenvalue weighted by molar-refractivity contribution is 0.436. The second kappa shape index (κ2) is 5.28. The van der Waals surface area contributed by atoms with Crippen LogP contribution in [0.4, 0.5) is 13.2 Å². The molecule has 0 spiro atoms. The minimum atomic E-state index is -1.45. The standard InChI is InChI=1S/C14H14F3N3/c15-10-3-4-11(14(17)13(10)16)20-8-19-7-12(20)9-2-1-5-18-6-9/h3-4,7-9,18H,1-2,5-6H2. The zero-order valence-electron chi connectivity index (χ0n) is 10.7. The first-order valence-corrected chi connectivity index (χ1v) is 6.55. The number of imidazole rings is 1. The Bertz CT molecular complexity index is 618. The molecule has 0 aliphatic carbocycles. The zero-order valence-corrected chi connectivity index (χ0v) is 10.7. The molecular formula is C14H14F3N3. The molecule has 2 aromatic rings. The highest BCUT2D eigenvalue weighted by atomic mass is 19.2. The maximum absolute atomic E-state index is 13.9. The molecule has 0 bridgehead atoms. The molecule has 1 atom stereocenters. The van der Waals surface area contributed by atoms with Gasteiger partial charge in [-0.1, -0.05) is 0 Å². The van der Waals surface area contributed by atoms with Crippen LogP contribution in [0.2, 0.25) is 0 Å². The Morgan fingerprint density at radius 1 is 1.20 bits per heavy atom. The molecule has 6 heteroatoms. The summed E-state index contributed by atoms with van der Waals surface area (Å²) in [6.07, 6.45) is 5.07. The normalized spacial score (nSPS) is 19.2. The van der Waals surface area contributed by atoms with Gasteiger partial charge < -0.3 is 5.32 Å². The molecule has 1 aromatic heterocycles. The summed E-state index contributed by atoms with van der Waals surface area (Å²) in [6.45, 7) is 1.74. The van der Waals surface area contributed by atoms with E-state index >= 15 is 0 Å². The smallest absolute Gasteiger partial charge is 0.196 e. The molecule has 1 aliphatic rings. The van der Waals surface area contributed by atoms with E-state index in [9.17, 15) is 13.2 Å². The van der Waals surface area contributed by atoms with Crippen molar-refractivity contribution in [2.45, 2.75) is 18.8 Å². The minimum absolute atomic E-state index is 0.0121. The van der Waals surface area contributed by atoms with Crippen molar-refractivity contribution in [2.24, 2.45) is 0 Å². The van der Waals surface area contributed by atoms with Gasteiger partial charge in [0.2, 0.25) is 0 Å². The summed E-state index contributed by atoms with van der Waals surface area (Å²) < 4.78 is 41.8. The van der Waals surface area contributed by atoms with Gasteiger partial charge in [0.1, 0.15) is 0 Å². The fraction of sp³-hybridized carbons (Fsp3) is 0.357. The third kappa shape index (κ3) is 2.20. The number of hydrogen-bond acceptors (Lipinski definition) is 2. The molecule has 2 heterocycles. The Balaban J connectivity index is 2.03. The van der Waals surface area contributed by atoms with Crippen LogP contribution in [0.15, 0.2) is 24.7 Å². The molecule has 3 nitrogen and oxygen atoms in total. The van der Waals surface area contributed by atoms with Crippen molar-refractivity contribution in [3.63, 3.8) is 0 Å². The number of benzene rings is 1. The maximum Gasteiger partial charge on any atom is 0.196 e. The lowest BCUT2D eigenvalue weighted by atomic mass is 9.96. The Hall–Kier alpha value is -1.82. The van der Waals surface area contributed by atoms with Crippen LogP contribution in [0.1, 0.15) is 24.5 Å². The first-order chi connectivity index (χ1) is 9.68. The first-order valence-electron chi connectivity index (χ1n) is 6.55. The van der Waals surface area contributed by atoms with E-state index in [2.05, 4.69) is 10.3 Å². The molecular weight excluding hydrogens is 267 g/mol. The Morgan fingerprint density at radius 2 is 2.05 bits per heavy atom. The fourth-order valence-corrected chi connectivity index (χ4v) is 2.61. The van der Waals surface area contributed by atoms with Crippen molar-refractivity contribution < 1.29 is 13.2 Å². The topological polar surface area (TPSA) is 29.9 Å². The Kier molecular flexibility index (Phi) is 3.48. The lowest BCUT2D eigenvalue weighted by Gasteiger charge is -2.24. The molecule has 3 rings (SSSR count). The van der Waals surface area contributed by atoms with Gasteiger partial charge in [-0.3, -0.25) is 4.57 Å². The van der Waals surface area contributed by atoms with Crippen molar-refractivity contribution in [3.8, 4) is 5.69 Å². The fourth-order valence-electron chi connectivity index (χ4n) is 2.61. The van der Waals surface area contributed by atoms with Gasteiger partial charge in [-0.25, -0.2) is 18.2 Å². The van der Waals surface area contributed by atoms with Crippen molar-refractivity contribution in [2.75, 3.05) is 13.1 Å². The second-order valence-electron chi connectivity index (χ2n) is 4.93. The molecule has 1 aromatic carbocycles. The second-order valence-corrected chi connectivity index (χ2v) is 4.93. The minimum Gasteiger partial charge on any atom is -0.316 e. The molecule has 1 saturated heterocycles. The van der Waals surface area contributed by atoms with Gasteiger partial charge >= 0.3 is 0 Å². The largest absolute Gasteiger partial charge is 0.316 e. The molecule has 0 radical (unpaired) electrons. The molecule has 1 aliphatic heterocycles. The van der Waals surface area contributed by atoms with Crippen LogP contribution in [0, 0.1) is 17.5 Å². The van der Waals surface area contributed by atoms with E-state index in [1.807, 2.05) is 0 Å². The number of aromatic nitrogens is 2. The molecule has 20 heavy (non-hydrogen) atoms. The van der Waals surface area contributed by atoms with Gasteiger partial charge in [-0.05, 0) is 31.5 Å². The predicted octanol–water partition coefficient (Wildman–Crippen LogP) is 2.76. The van der Waals surface area contributed by atoms with Gasteiger partial charge in [0.05, 0.1) is 12.0 Å². The highest BCUT2D eigenvalue weighted by molar-refractivity contribution is 5.37. The van der Waals surface area contributed by atoms with E-state index in [1.54, 1.807) is 6.20 Å². The van der Waals surface area contributed by atoms with Gasteiger partial charge in [0, 0.05) is 24.4 Å². The summed E-state index contributed by atoms with van der Waals surface area (Å²) in [6, 6.07) is 2.16. The van der Waals surface area contributed by atoms with Gasteiger partial charge in [0.15, 0.2) is 17.5 Å². The summed E-state index contributed by atoms with van der Waals surface area (Å²) in [5.41, 5.74) is 0.795. The quantitative estimate of drug-likeness (QED) is 0.858. The average Bonchev–Trinajstić information content (AvgIpc) is 2.95. The van der Waals surface area contributed by atoms with E-state index in [4.69, 9.17) is 0 Å². The molecule has 0 saturated carbocycles. The third-order valence-corrected chi connectivity index (χ3v) is 3.66. The van der Waals surface area contributed by atoms with E-state index in [1.165, 1.54) is 17.0 Å². The summed E-state index contributed by atoms with van der Waals surface area (Å²) in [7, 11) is 0. The van der Waals surface area contributed by atoms with Crippen LogP contribution < -0.4 is 5.32 Å². The van der Waals surface area contributed by atoms with Crippen molar-refractivity contribution in [3.05, 3.63) is 47.8 Å². The van der Waals surface area contributed by atoms with E-state index in [0.717, 1.165) is 37.7 Å². The molecule has 1 unspecified atom stereocenters. The number of piperidine rings is 1. The number of hydrogen-bond donors (Lipinski definition) is 1. The number of nitrogens with zero attached hydrogens (tertiary/aromatic N) is 2. The summed E-state index contributed by atoms with van der Waals surface area (Å²) >= 11 is 0. The Labute approximate surface area is 114 Å². The van der Waals surface area contributed by atoms with Gasteiger partial charge in [-0.15, -0.1) is 0 Å². The van der Waals surface area contributed by atoms with E-state index in [-0.39, 0.29) is 11.6 Å². The summed E-state index contributed by atoms with van der Waals surface area (Å²) in [5.74, 6) is -3.64. The average molecular weight is 281 g/mol. The molecule has 1 fully saturated rings. The monoisotopic (exact) mass is 281 g/mol. The van der Waals surface area contributed by atoms with Gasteiger partial charge in [0.25, 0.3) is 0 Å². The van der Waals surface area contributed by atoms with Gasteiger partial charge in [-0.2, -0.15) is 0 Å². The Morgan fingerprint density at radius 3 is 2.80 bits per heavy atom. The van der Waals surface area contributed by atoms with Crippen LogP contribution in [-0.4, -0.2) is 22.6 Å². The van der Waals surface area contributed by atoms with Crippen LogP contribution in [0.3, 0.4) is 0 Å². The van der Waals surface area contributed by atoms with Crippen LogP contribution >= 0.6 is 0 Å². The number of rotatable bonds is 2. The molecule has 0 amide bonds. The highest BCUT2D eigenvalue weighted by Gasteiger charge is 2.22. The highest BCUT2D eigenvalue weighted by Crippen LogP contribution is 2.27. The predicted molar refractivity (Wildman–Crippen MR) is 68.3 cm³/mol. The summed E-state index contributed by atoms with van der Waals surface area (Å²) in [5, 5.41) is 3.27. The number of nitrogens with one attached hydrogen (secondary N) is 1. The maximum atomic E-state index is 13.9. The number of halogens is 3. The third-order valence-electron chi connectivity index (χ3n) is 3.66. The lowest BCUT2D eigenvalue weighted by Crippen LogP contribution is -2.29. The molecule has 106 valence electrons. The first kappa shape index (κ1) is 13.2. The zero-order chi connectivity index (χ0) is 14.1. The summed E-state index contributed by atoms with van der Waals surface area (Å²) in [4.78, 5) is 4.02.